The van der Waals surface area contributed by atoms with Crippen LogP contribution in [0.5, 0.6) is 0 Å². The van der Waals surface area contributed by atoms with Crippen LogP contribution in [-0.2, 0) is 32.6 Å². The van der Waals surface area contributed by atoms with Crippen LogP contribution in [0.4, 0.5) is 0 Å². The van der Waals surface area contributed by atoms with E-state index in [1.807, 2.05) is 42.8 Å². The number of fused-ring (bicyclic) bond motifs is 3. The molecule has 1 atom stereocenters. The Labute approximate surface area is 224 Å². The summed E-state index contributed by atoms with van der Waals surface area (Å²) in [5.41, 5.74) is 2.68. The van der Waals surface area contributed by atoms with Crippen molar-refractivity contribution in [1.82, 2.24) is 13.5 Å². The van der Waals surface area contributed by atoms with Crippen molar-refractivity contribution in [3.8, 4) is 0 Å². The van der Waals surface area contributed by atoms with Gasteiger partial charge in [0, 0.05) is 53.7 Å². The number of hydrogen-bond acceptors (Lipinski definition) is 6. The van der Waals surface area contributed by atoms with Crippen molar-refractivity contribution >= 4 is 38.6 Å². The number of carbonyl (C=O) groups is 3. The number of ketones is 1. The number of carboxylic acid groups (broad SMARTS) is 2. The molecule has 0 saturated carbocycles. The molecular weight excluding hydrogens is 522 g/mol. The van der Waals surface area contributed by atoms with Gasteiger partial charge in [-0.25, -0.2) is 27.0 Å². The Kier molecular flexibility index (Phi) is 7.82. The van der Waals surface area contributed by atoms with E-state index in [1.165, 1.54) is 3.97 Å². The van der Waals surface area contributed by atoms with E-state index in [4.69, 9.17) is 10.2 Å². The van der Waals surface area contributed by atoms with Crippen LogP contribution in [0, 0.1) is 19.8 Å². The third-order valence-corrected chi connectivity index (χ3v) is 8.31. The molecule has 39 heavy (non-hydrogen) atoms. The summed E-state index contributed by atoms with van der Waals surface area (Å²) in [5, 5.41) is 16.3. The monoisotopic (exact) mass is 549 g/mol. The molecule has 202 valence electrons. The number of hydrogen-bond donors (Lipinski definition) is 2. The fourth-order valence-corrected chi connectivity index (χ4v) is 6.23. The standard InChI is InChI=1S/C24H23N3O3S.C4H4O4/c1-16-7-10-19(11-8-16)31(29,30)27-21-6-4-3-5-20(21)23-22(27)12-9-18(24(23)28)15-26-14-13-25-17(26)2;5-3(6)1-2-4(7)8/h3-8,10-11,13-14,18H,9,12,15H2,1-2H3;1-2H,(H,5,6)(H,7,8)/b;2-1-. The van der Waals surface area contributed by atoms with Gasteiger partial charge in [0.1, 0.15) is 5.82 Å². The number of para-hydroxylation sites is 1. The van der Waals surface area contributed by atoms with Gasteiger partial charge in [0.15, 0.2) is 5.78 Å². The average molecular weight is 550 g/mol. The van der Waals surface area contributed by atoms with E-state index in [0.29, 0.717) is 53.7 Å². The van der Waals surface area contributed by atoms with Crippen molar-refractivity contribution in [2.75, 3.05) is 0 Å². The maximum Gasteiger partial charge on any atom is 0.328 e. The molecule has 1 aliphatic carbocycles. The van der Waals surface area contributed by atoms with Gasteiger partial charge in [-0.2, -0.15) is 0 Å². The molecule has 0 amide bonds. The molecule has 0 spiro atoms. The maximum atomic E-state index is 13.6. The second kappa shape index (κ2) is 11.1. The van der Waals surface area contributed by atoms with Gasteiger partial charge < -0.3 is 14.8 Å². The molecule has 2 N–H and O–H groups in total. The molecule has 4 aromatic rings. The number of imidazole rings is 1. The van der Waals surface area contributed by atoms with Crippen LogP contribution in [-0.4, -0.2) is 49.9 Å². The van der Waals surface area contributed by atoms with Crippen LogP contribution >= 0.6 is 0 Å². The summed E-state index contributed by atoms with van der Waals surface area (Å²) in [6, 6.07) is 14.1. The first-order chi connectivity index (χ1) is 18.5. The summed E-state index contributed by atoms with van der Waals surface area (Å²) in [6.07, 6.45) is 5.85. The van der Waals surface area contributed by atoms with E-state index >= 15 is 0 Å². The quantitative estimate of drug-likeness (QED) is 0.345. The van der Waals surface area contributed by atoms with Crippen molar-refractivity contribution in [2.45, 2.75) is 38.1 Å². The molecule has 2 aromatic carbocycles. The van der Waals surface area contributed by atoms with Crippen molar-refractivity contribution < 1.29 is 33.0 Å². The summed E-state index contributed by atoms with van der Waals surface area (Å²) in [6.45, 7) is 4.39. The van der Waals surface area contributed by atoms with E-state index in [-0.39, 0.29) is 16.6 Å². The number of aromatic nitrogens is 3. The van der Waals surface area contributed by atoms with Gasteiger partial charge in [0.2, 0.25) is 0 Å². The zero-order chi connectivity index (χ0) is 28.3. The Bertz CT molecular complexity index is 1680. The first-order valence-electron chi connectivity index (χ1n) is 12.1. The molecule has 1 aliphatic rings. The number of Topliss-reactive ketones (excluding diaryl/α,β-unsaturated/α-hetero) is 1. The van der Waals surface area contributed by atoms with Gasteiger partial charge in [0.25, 0.3) is 10.0 Å². The lowest BCUT2D eigenvalue weighted by molar-refractivity contribution is -0.134. The number of benzene rings is 2. The summed E-state index contributed by atoms with van der Waals surface area (Å²) in [4.78, 5) is 37.1. The van der Waals surface area contributed by atoms with Crippen LogP contribution in [0.2, 0.25) is 0 Å². The lowest BCUT2D eigenvalue weighted by Gasteiger charge is -2.23. The van der Waals surface area contributed by atoms with Crippen LogP contribution in [0.3, 0.4) is 0 Å². The third kappa shape index (κ3) is 5.68. The van der Waals surface area contributed by atoms with Gasteiger partial charge >= 0.3 is 11.9 Å². The zero-order valence-electron chi connectivity index (χ0n) is 21.3. The number of carboxylic acids is 2. The topological polar surface area (TPSA) is 149 Å². The zero-order valence-corrected chi connectivity index (χ0v) is 22.1. The molecule has 0 radical (unpaired) electrons. The predicted octanol–water partition coefficient (Wildman–Crippen LogP) is 3.85. The number of aryl methyl sites for hydroxylation is 2. The lowest BCUT2D eigenvalue weighted by Crippen LogP contribution is -2.28. The fraction of sp³-hybridized carbons (Fsp3) is 0.214. The highest BCUT2D eigenvalue weighted by Gasteiger charge is 2.36. The van der Waals surface area contributed by atoms with Crippen molar-refractivity contribution in [3.05, 3.63) is 95.7 Å². The SMILES string of the molecule is Cc1ccc(S(=O)(=O)n2c3c(c4ccccc42)C(=O)C(Cn2ccnc2C)CC3)cc1.O=C(O)/C=C\C(=O)O. The smallest absolute Gasteiger partial charge is 0.328 e. The van der Waals surface area contributed by atoms with E-state index in [2.05, 4.69) is 4.98 Å². The van der Waals surface area contributed by atoms with Crippen LogP contribution < -0.4 is 0 Å². The molecule has 0 saturated heterocycles. The first kappa shape index (κ1) is 27.5. The first-order valence-corrected chi connectivity index (χ1v) is 13.5. The van der Waals surface area contributed by atoms with E-state index in [9.17, 15) is 22.8 Å². The Morgan fingerprint density at radius 1 is 1.03 bits per heavy atom. The van der Waals surface area contributed by atoms with E-state index in [1.54, 1.807) is 36.5 Å². The highest BCUT2D eigenvalue weighted by atomic mass is 32.2. The Balaban J connectivity index is 0.000000386. The third-order valence-electron chi connectivity index (χ3n) is 6.54. The van der Waals surface area contributed by atoms with Gasteiger partial charge in [-0.1, -0.05) is 35.9 Å². The molecule has 0 aliphatic heterocycles. The molecule has 0 bridgehead atoms. The van der Waals surface area contributed by atoms with Crippen LogP contribution in [0.25, 0.3) is 10.9 Å². The molecule has 2 heterocycles. The molecule has 11 heteroatoms. The van der Waals surface area contributed by atoms with Gasteiger partial charge in [-0.05, 0) is 44.9 Å². The van der Waals surface area contributed by atoms with Crippen molar-refractivity contribution in [1.29, 1.82) is 0 Å². The summed E-state index contributed by atoms with van der Waals surface area (Å²) in [5.74, 6) is -1.85. The maximum absolute atomic E-state index is 13.6. The average Bonchev–Trinajstić information content (AvgIpc) is 3.46. The molecule has 0 fully saturated rings. The minimum absolute atomic E-state index is 0.00315. The van der Waals surface area contributed by atoms with Crippen LogP contribution in [0.15, 0.2) is 78.0 Å². The molecule has 5 rings (SSSR count). The second-order valence-electron chi connectivity index (χ2n) is 9.16. The summed E-state index contributed by atoms with van der Waals surface area (Å²) < 4.78 is 30.6. The molecule has 1 unspecified atom stereocenters. The van der Waals surface area contributed by atoms with Crippen molar-refractivity contribution in [2.24, 2.45) is 5.92 Å². The number of carbonyl (C=O) groups excluding carboxylic acids is 1. The van der Waals surface area contributed by atoms with Gasteiger partial charge in [0.05, 0.1) is 10.4 Å². The highest BCUT2D eigenvalue weighted by molar-refractivity contribution is 7.90. The fourth-order valence-electron chi connectivity index (χ4n) is 4.65. The normalized spacial score (nSPS) is 15.1. The van der Waals surface area contributed by atoms with Gasteiger partial charge in [-0.15, -0.1) is 0 Å². The number of nitrogens with zero attached hydrogens (tertiary/aromatic N) is 3. The lowest BCUT2D eigenvalue weighted by atomic mass is 9.85. The van der Waals surface area contributed by atoms with Crippen molar-refractivity contribution in [3.63, 3.8) is 0 Å². The van der Waals surface area contributed by atoms with Crippen LogP contribution in [0.1, 0.15) is 33.9 Å². The highest BCUT2D eigenvalue weighted by Crippen LogP contribution is 2.37. The predicted molar refractivity (Wildman–Crippen MR) is 143 cm³/mol. The Hall–Kier alpha value is -4.51. The summed E-state index contributed by atoms with van der Waals surface area (Å²) in [7, 11) is -3.83. The minimum Gasteiger partial charge on any atom is -0.478 e. The Morgan fingerprint density at radius 3 is 2.26 bits per heavy atom. The van der Waals surface area contributed by atoms with E-state index < -0.39 is 22.0 Å². The van der Waals surface area contributed by atoms with E-state index in [0.717, 1.165) is 11.4 Å². The number of rotatable bonds is 6. The Morgan fingerprint density at radius 2 is 1.67 bits per heavy atom. The number of aliphatic carboxylic acids is 2. The molecule has 2 aromatic heterocycles. The molecular formula is C28H27N3O7S. The summed E-state index contributed by atoms with van der Waals surface area (Å²) >= 11 is 0. The largest absolute Gasteiger partial charge is 0.478 e. The van der Waals surface area contributed by atoms with Gasteiger partial charge in [-0.3, -0.25) is 4.79 Å². The molecule has 10 nitrogen and oxygen atoms in total. The minimum atomic E-state index is -3.83. The second-order valence-corrected chi connectivity index (χ2v) is 10.9.